The van der Waals surface area contributed by atoms with Gasteiger partial charge in [0.25, 0.3) is 10.2 Å². The van der Waals surface area contributed by atoms with Crippen molar-refractivity contribution in [2.24, 2.45) is 11.1 Å². The number of benzene rings is 1. The standard InChI is InChI=1S/C15H25N3O2S/c1-12-6-13(2)8-15(7-12)11-18-5-3-4-14(10-18)9-17-21(16,19)20/h6-8,14,17H,3-5,9-11H2,1-2H3,(H2,16,19,20)/t14-/m0/s1. The van der Waals surface area contributed by atoms with Crippen LogP contribution in [-0.4, -0.2) is 33.0 Å². The van der Waals surface area contributed by atoms with Gasteiger partial charge in [-0.05, 0) is 44.7 Å². The first kappa shape index (κ1) is 16.4. The molecule has 1 aliphatic rings. The van der Waals surface area contributed by atoms with Crippen LogP contribution in [0.2, 0.25) is 0 Å². The molecule has 1 aliphatic heterocycles. The van der Waals surface area contributed by atoms with Gasteiger partial charge in [0, 0.05) is 19.6 Å². The Morgan fingerprint density at radius 3 is 2.57 bits per heavy atom. The van der Waals surface area contributed by atoms with E-state index in [2.05, 4.69) is 41.7 Å². The van der Waals surface area contributed by atoms with Crippen molar-refractivity contribution in [3.63, 3.8) is 0 Å². The summed E-state index contributed by atoms with van der Waals surface area (Å²) in [6.45, 7) is 7.57. The summed E-state index contributed by atoms with van der Waals surface area (Å²) in [5, 5.41) is 4.99. The third-order valence-electron chi connectivity index (χ3n) is 3.86. The summed E-state index contributed by atoms with van der Waals surface area (Å²) >= 11 is 0. The summed E-state index contributed by atoms with van der Waals surface area (Å²) in [6, 6.07) is 6.62. The molecule has 0 saturated carbocycles. The van der Waals surface area contributed by atoms with E-state index in [1.807, 2.05) is 0 Å². The minimum atomic E-state index is -3.58. The molecule has 0 bridgehead atoms. The molecule has 1 fully saturated rings. The van der Waals surface area contributed by atoms with Crippen molar-refractivity contribution in [2.45, 2.75) is 33.2 Å². The molecule has 1 heterocycles. The lowest BCUT2D eigenvalue weighted by molar-refractivity contribution is 0.169. The molecule has 1 saturated heterocycles. The monoisotopic (exact) mass is 311 g/mol. The highest BCUT2D eigenvalue weighted by molar-refractivity contribution is 7.87. The van der Waals surface area contributed by atoms with Gasteiger partial charge in [-0.25, -0.2) is 9.86 Å². The number of hydrogen-bond acceptors (Lipinski definition) is 3. The van der Waals surface area contributed by atoms with Crippen LogP contribution in [0.25, 0.3) is 0 Å². The van der Waals surface area contributed by atoms with E-state index in [1.165, 1.54) is 16.7 Å². The Hall–Kier alpha value is -0.950. The predicted molar refractivity (Wildman–Crippen MR) is 85.0 cm³/mol. The van der Waals surface area contributed by atoms with Crippen molar-refractivity contribution in [1.82, 2.24) is 9.62 Å². The van der Waals surface area contributed by atoms with Gasteiger partial charge in [0.05, 0.1) is 0 Å². The number of hydrogen-bond donors (Lipinski definition) is 2. The number of nitrogens with two attached hydrogens (primary N) is 1. The Bertz CT molecular complexity index is 566. The normalized spacial score (nSPS) is 20.6. The topological polar surface area (TPSA) is 75.4 Å². The maximum atomic E-state index is 11.0. The van der Waals surface area contributed by atoms with Gasteiger partial charge < -0.3 is 0 Å². The quantitative estimate of drug-likeness (QED) is 0.861. The lowest BCUT2D eigenvalue weighted by atomic mass is 9.97. The molecule has 1 aromatic carbocycles. The highest BCUT2D eigenvalue weighted by atomic mass is 32.2. The van der Waals surface area contributed by atoms with Crippen LogP contribution in [0.3, 0.4) is 0 Å². The minimum Gasteiger partial charge on any atom is -0.299 e. The molecule has 0 amide bonds. The summed E-state index contributed by atoms with van der Waals surface area (Å²) in [5.74, 6) is 0.336. The Labute approximate surface area is 127 Å². The smallest absolute Gasteiger partial charge is 0.274 e. The van der Waals surface area contributed by atoms with E-state index in [-0.39, 0.29) is 0 Å². The van der Waals surface area contributed by atoms with Crippen LogP contribution < -0.4 is 9.86 Å². The van der Waals surface area contributed by atoms with E-state index >= 15 is 0 Å². The number of nitrogens with zero attached hydrogens (tertiary/aromatic N) is 1. The zero-order valence-electron chi connectivity index (χ0n) is 12.8. The molecule has 1 atom stereocenters. The zero-order valence-corrected chi connectivity index (χ0v) is 13.6. The number of piperidine rings is 1. The van der Waals surface area contributed by atoms with E-state index in [9.17, 15) is 8.42 Å². The largest absolute Gasteiger partial charge is 0.299 e. The lowest BCUT2D eigenvalue weighted by Crippen LogP contribution is -2.42. The lowest BCUT2D eigenvalue weighted by Gasteiger charge is -2.32. The fourth-order valence-corrected chi connectivity index (χ4v) is 3.58. The molecular weight excluding hydrogens is 286 g/mol. The van der Waals surface area contributed by atoms with Crippen molar-refractivity contribution in [1.29, 1.82) is 0 Å². The number of nitrogens with one attached hydrogen (secondary N) is 1. The molecule has 1 aromatic rings. The maximum absolute atomic E-state index is 11.0. The molecule has 5 nitrogen and oxygen atoms in total. The van der Waals surface area contributed by atoms with Gasteiger partial charge in [0.1, 0.15) is 0 Å². The molecule has 0 radical (unpaired) electrons. The molecule has 3 N–H and O–H groups in total. The third kappa shape index (κ3) is 5.74. The van der Waals surface area contributed by atoms with Crippen LogP contribution in [0.1, 0.15) is 29.5 Å². The summed E-state index contributed by atoms with van der Waals surface area (Å²) in [7, 11) is -3.58. The Balaban J connectivity index is 1.91. The first-order chi connectivity index (χ1) is 9.82. The van der Waals surface area contributed by atoms with Gasteiger partial charge in [-0.15, -0.1) is 0 Å². The Morgan fingerprint density at radius 2 is 1.95 bits per heavy atom. The van der Waals surface area contributed by atoms with Crippen LogP contribution in [0.4, 0.5) is 0 Å². The number of rotatable bonds is 5. The van der Waals surface area contributed by atoms with Gasteiger partial charge in [0.15, 0.2) is 0 Å². The number of aryl methyl sites for hydroxylation is 2. The van der Waals surface area contributed by atoms with Crippen molar-refractivity contribution in [3.05, 3.63) is 34.9 Å². The van der Waals surface area contributed by atoms with Crippen molar-refractivity contribution < 1.29 is 8.42 Å². The van der Waals surface area contributed by atoms with Crippen LogP contribution in [0.5, 0.6) is 0 Å². The molecule has 6 heteroatoms. The maximum Gasteiger partial charge on any atom is 0.274 e. The predicted octanol–water partition coefficient (Wildman–Crippen LogP) is 1.31. The summed E-state index contributed by atoms with van der Waals surface area (Å²) < 4.78 is 24.4. The zero-order chi connectivity index (χ0) is 15.5. The second kappa shape index (κ2) is 6.87. The molecule has 0 aliphatic carbocycles. The molecule has 0 unspecified atom stereocenters. The molecule has 21 heavy (non-hydrogen) atoms. The average Bonchev–Trinajstić information content (AvgIpc) is 2.35. The SMILES string of the molecule is Cc1cc(C)cc(CN2CCC[C@@H](CNS(N)(=O)=O)C2)c1. The first-order valence-electron chi connectivity index (χ1n) is 7.39. The fourth-order valence-electron chi connectivity index (χ4n) is 3.11. The molecular formula is C15H25N3O2S. The fraction of sp³-hybridized carbons (Fsp3) is 0.600. The second-order valence-electron chi connectivity index (χ2n) is 6.13. The van der Waals surface area contributed by atoms with Gasteiger partial charge >= 0.3 is 0 Å². The van der Waals surface area contributed by atoms with E-state index in [1.54, 1.807) is 0 Å². The van der Waals surface area contributed by atoms with Crippen molar-refractivity contribution in [3.8, 4) is 0 Å². The minimum absolute atomic E-state index is 0.336. The Kier molecular flexibility index (Phi) is 5.37. The molecule has 0 spiro atoms. The molecule has 118 valence electrons. The third-order valence-corrected chi connectivity index (χ3v) is 4.43. The van der Waals surface area contributed by atoms with Crippen LogP contribution in [0.15, 0.2) is 18.2 Å². The first-order valence-corrected chi connectivity index (χ1v) is 8.93. The molecule has 0 aromatic heterocycles. The van der Waals surface area contributed by atoms with Crippen LogP contribution in [-0.2, 0) is 16.8 Å². The summed E-state index contributed by atoms with van der Waals surface area (Å²) in [6.07, 6.45) is 2.15. The van der Waals surface area contributed by atoms with Crippen molar-refractivity contribution >= 4 is 10.2 Å². The number of likely N-dealkylation sites (tertiary alicyclic amines) is 1. The van der Waals surface area contributed by atoms with Gasteiger partial charge in [-0.3, -0.25) is 4.90 Å². The van der Waals surface area contributed by atoms with E-state index in [4.69, 9.17) is 5.14 Å². The van der Waals surface area contributed by atoms with Crippen molar-refractivity contribution in [2.75, 3.05) is 19.6 Å². The Morgan fingerprint density at radius 1 is 1.29 bits per heavy atom. The highest BCUT2D eigenvalue weighted by Crippen LogP contribution is 2.19. The van der Waals surface area contributed by atoms with Gasteiger partial charge in [-0.2, -0.15) is 8.42 Å². The van der Waals surface area contributed by atoms with E-state index < -0.39 is 10.2 Å². The van der Waals surface area contributed by atoms with Crippen LogP contribution >= 0.6 is 0 Å². The van der Waals surface area contributed by atoms with Gasteiger partial charge in [0.2, 0.25) is 0 Å². The van der Waals surface area contributed by atoms with Gasteiger partial charge in [-0.1, -0.05) is 29.3 Å². The average molecular weight is 311 g/mol. The highest BCUT2D eigenvalue weighted by Gasteiger charge is 2.21. The van der Waals surface area contributed by atoms with Crippen LogP contribution in [0, 0.1) is 19.8 Å². The molecule has 2 rings (SSSR count). The summed E-state index contributed by atoms with van der Waals surface area (Å²) in [5.41, 5.74) is 3.90. The van der Waals surface area contributed by atoms with E-state index in [0.717, 1.165) is 32.5 Å². The second-order valence-corrected chi connectivity index (χ2v) is 7.51. The van der Waals surface area contributed by atoms with E-state index in [0.29, 0.717) is 12.5 Å². The summed E-state index contributed by atoms with van der Waals surface area (Å²) in [4.78, 5) is 2.40.